The molecule has 3 aromatic rings. The fourth-order valence-electron chi connectivity index (χ4n) is 3.97. The molecule has 0 saturated heterocycles. The van der Waals surface area contributed by atoms with Crippen LogP contribution in [-0.2, 0) is 11.3 Å². The number of halogens is 2. The van der Waals surface area contributed by atoms with E-state index in [0.29, 0.717) is 12.0 Å². The molecule has 0 atom stereocenters. The van der Waals surface area contributed by atoms with Crippen LogP contribution in [0.2, 0.25) is 0 Å². The summed E-state index contributed by atoms with van der Waals surface area (Å²) in [6, 6.07) is 0.408. The predicted molar refractivity (Wildman–Crippen MR) is 117 cm³/mol. The molecule has 0 unspecified atom stereocenters. The number of fused-ring (bicyclic) bond motifs is 1. The van der Waals surface area contributed by atoms with Crippen molar-refractivity contribution in [2.75, 3.05) is 18.5 Å². The number of hydrogen-bond donors (Lipinski definition) is 1. The first-order valence-electron chi connectivity index (χ1n) is 10.5. The molecular formula is C22H28F2N6O. The first kappa shape index (κ1) is 22.7. The number of nitrogens with one attached hydrogen (secondary N) is 1. The van der Waals surface area contributed by atoms with Gasteiger partial charge in [-0.05, 0) is 19.8 Å². The molecule has 0 aliphatic heterocycles. The number of ether oxygens (including phenoxy) is 1. The summed E-state index contributed by atoms with van der Waals surface area (Å²) in [6.07, 6.45) is 21.8. The van der Waals surface area contributed by atoms with E-state index in [-0.39, 0.29) is 13.2 Å². The molecule has 1 saturated carbocycles. The van der Waals surface area contributed by atoms with E-state index in [1.54, 1.807) is 6.20 Å². The second-order valence-corrected chi connectivity index (χ2v) is 7.32. The highest BCUT2D eigenvalue weighted by Crippen LogP contribution is 2.36. The van der Waals surface area contributed by atoms with Crippen LogP contribution < -0.4 is 5.32 Å². The van der Waals surface area contributed by atoms with Gasteiger partial charge < -0.3 is 14.6 Å². The van der Waals surface area contributed by atoms with Crippen LogP contribution in [0.4, 0.5) is 14.7 Å². The zero-order valence-corrected chi connectivity index (χ0v) is 17.7. The lowest BCUT2D eigenvalue weighted by molar-refractivity contribution is -0.125. The molecule has 0 amide bonds. The highest BCUT2D eigenvalue weighted by Gasteiger charge is 2.21. The Morgan fingerprint density at radius 3 is 2.65 bits per heavy atom. The summed E-state index contributed by atoms with van der Waals surface area (Å²) in [5.41, 5.74) is 2.97. The maximum atomic E-state index is 12.1. The van der Waals surface area contributed by atoms with E-state index in [2.05, 4.69) is 50.7 Å². The molecule has 0 bridgehead atoms. The second kappa shape index (κ2) is 10.9. The van der Waals surface area contributed by atoms with E-state index >= 15 is 0 Å². The molecule has 0 radical (unpaired) electrons. The number of anilines is 1. The van der Waals surface area contributed by atoms with E-state index in [9.17, 15) is 8.78 Å². The number of terminal acetylenes is 1. The summed E-state index contributed by atoms with van der Waals surface area (Å²) in [4.78, 5) is 9.10. The number of hydrogen-bond acceptors (Lipinski definition) is 5. The molecule has 0 spiro atoms. The summed E-state index contributed by atoms with van der Waals surface area (Å²) < 4.78 is 32.7. The van der Waals surface area contributed by atoms with Crippen molar-refractivity contribution < 1.29 is 13.5 Å². The molecule has 166 valence electrons. The molecule has 4 rings (SSSR count). The van der Waals surface area contributed by atoms with Crippen molar-refractivity contribution in [3.8, 4) is 24.0 Å². The molecule has 31 heavy (non-hydrogen) atoms. The van der Waals surface area contributed by atoms with Gasteiger partial charge in [-0.2, -0.15) is 18.9 Å². The molecule has 3 aromatic heterocycles. The lowest BCUT2D eigenvalue weighted by Gasteiger charge is -2.23. The molecule has 9 heteroatoms. The van der Waals surface area contributed by atoms with Gasteiger partial charge >= 0.3 is 6.61 Å². The van der Waals surface area contributed by atoms with Gasteiger partial charge in [0.05, 0.1) is 12.8 Å². The van der Waals surface area contributed by atoms with E-state index in [4.69, 9.17) is 4.98 Å². The SMILES string of the molecule is C#C.CCn1cc(-c2cn(C3CCCCC3)c3nc(NCCOC(F)F)ncc23)cn1. The van der Waals surface area contributed by atoms with Gasteiger partial charge in [0.2, 0.25) is 5.95 Å². The van der Waals surface area contributed by atoms with Crippen LogP contribution in [0.5, 0.6) is 0 Å². The minimum atomic E-state index is -2.77. The third kappa shape index (κ3) is 5.39. The van der Waals surface area contributed by atoms with Crippen LogP contribution in [-0.4, -0.2) is 44.1 Å². The fourth-order valence-corrected chi connectivity index (χ4v) is 3.97. The minimum Gasteiger partial charge on any atom is -0.352 e. The van der Waals surface area contributed by atoms with Gasteiger partial charge in [0.15, 0.2) is 0 Å². The van der Waals surface area contributed by atoms with Crippen molar-refractivity contribution in [3.63, 3.8) is 0 Å². The van der Waals surface area contributed by atoms with Gasteiger partial charge in [-0.15, -0.1) is 12.8 Å². The third-order valence-electron chi connectivity index (χ3n) is 5.44. The van der Waals surface area contributed by atoms with E-state index in [1.807, 2.05) is 17.1 Å². The van der Waals surface area contributed by atoms with Crippen LogP contribution in [0.25, 0.3) is 22.2 Å². The third-order valence-corrected chi connectivity index (χ3v) is 5.44. The Hall–Kier alpha value is -2.99. The average molecular weight is 431 g/mol. The number of alkyl halides is 2. The molecule has 1 aliphatic rings. The quantitative estimate of drug-likeness (QED) is 0.414. The van der Waals surface area contributed by atoms with E-state index in [0.717, 1.165) is 41.5 Å². The van der Waals surface area contributed by atoms with Crippen molar-refractivity contribution in [2.45, 2.75) is 58.2 Å². The second-order valence-electron chi connectivity index (χ2n) is 7.32. The number of nitrogens with zero attached hydrogens (tertiary/aromatic N) is 5. The molecular weight excluding hydrogens is 402 g/mol. The van der Waals surface area contributed by atoms with Crippen LogP contribution in [0.15, 0.2) is 24.8 Å². The van der Waals surface area contributed by atoms with Crippen molar-refractivity contribution >= 4 is 17.0 Å². The van der Waals surface area contributed by atoms with Crippen LogP contribution in [0, 0.1) is 12.8 Å². The Bertz CT molecular complexity index is 990. The van der Waals surface area contributed by atoms with E-state index < -0.39 is 6.61 Å². The summed E-state index contributed by atoms with van der Waals surface area (Å²) in [5.74, 6) is 0.418. The Labute approximate surface area is 180 Å². The van der Waals surface area contributed by atoms with Crippen LogP contribution in [0.1, 0.15) is 45.1 Å². The standard InChI is InChI=1S/C20H26F2N6O.C2H2/c1-2-27-12-14(10-25-27)17-13-28(15-6-4-3-5-7-15)18-16(17)11-24-20(26-18)23-8-9-29-19(21)22;1-2/h10-13,15,19H,2-9H2,1H3,(H,23,24,26);1-2H. The Balaban J connectivity index is 0.00000132. The molecule has 1 aliphatic carbocycles. The zero-order valence-electron chi connectivity index (χ0n) is 17.7. The molecule has 3 heterocycles. The number of aromatic nitrogens is 5. The smallest absolute Gasteiger partial charge is 0.345 e. The highest BCUT2D eigenvalue weighted by atomic mass is 19.3. The highest BCUT2D eigenvalue weighted by molar-refractivity contribution is 5.93. The Morgan fingerprint density at radius 2 is 1.97 bits per heavy atom. The van der Waals surface area contributed by atoms with Gasteiger partial charge in [0.25, 0.3) is 0 Å². The minimum absolute atomic E-state index is 0.107. The van der Waals surface area contributed by atoms with Crippen molar-refractivity contribution in [2.24, 2.45) is 0 Å². The zero-order chi connectivity index (χ0) is 22.2. The number of rotatable bonds is 8. The summed E-state index contributed by atoms with van der Waals surface area (Å²) in [5, 5.41) is 8.35. The number of aryl methyl sites for hydroxylation is 1. The first-order chi connectivity index (χ1) is 15.2. The normalized spacial score (nSPS) is 14.5. The van der Waals surface area contributed by atoms with Crippen molar-refractivity contribution in [1.82, 2.24) is 24.3 Å². The maximum absolute atomic E-state index is 12.1. The molecule has 7 nitrogen and oxygen atoms in total. The van der Waals surface area contributed by atoms with E-state index in [1.165, 1.54) is 19.3 Å². The van der Waals surface area contributed by atoms with Crippen LogP contribution in [0.3, 0.4) is 0 Å². The lowest BCUT2D eigenvalue weighted by Crippen LogP contribution is -2.15. The van der Waals surface area contributed by atoms with Gasteiger partial charge in [-0.25, -0.2) is 4.98 Å². The average Bonchev–Trinajstić information content (AvgIpc) is 3.43. The summed E-state index contributed by atoms with van der Waals surface area (Å²) in [6.45, 7) is 0.212. The molecule has 1 fully saturated rings. The van der Waals surface area contributed by atoms with Gasteiger partial charge in [0, 0.05) is 54.2 Å². The van der Waals surface area contributed by atoms with Gasteiger partial charge in [0.1, 0.15) is 5.65 Å². The maximum Gasteiger partial charge on any atom is 0.345 e. The Kier molecular flexibility index (Phi) is 7.95. The molecule has 0 aromatic carbocycles. The summed E-state index contributed by atoms with van der Waals surface area (Å²) in [7, 11) is 0. The Morgan fingerprint density at radius 1 is 1.19 bits per heavy atom. The topological polar surface area (TPSA) is 69.8 Å². The summed E-state index contributed by atoms with van der Waals surface area (Å²) >= 11 is 0. The molecule has 1 N–H and O–H groups in total. The van der Waals surface area contributed by atoms with Crippen LogP contribution >= 0.6 is 0 Å². The largest absolute Gasteiger partial charge is 0.352 e. The van der Waals surface area contributed by atoms with Gasteiger partial charge in [-0.1, -0.05) is 19.3 Å². The monoisotopic (exact) mass is 430 g/mol. The first-order valence-corrected chi connectivity index (χ1v) is 10.5. The van der Waals surface area contributed by atoms with Gasteiger partial charge in [-0.3, -0.25) is 4.68 Å². The predicted octanol–water partition coefficient (Wildman–Crippen LogP) is 4.72. The lowest BCUT2D eigenvalue weighted by atomic mass is 9.95. The fraction of sp³-hybridized carbons (Fsp3) is 0.500. The van der Waals surface area contributed by atoms with Crippen molar-refractivity contribution in [3.05, 3.63) is 24.8 Å². The van der Waals surface area contributed by atoms with Crippen molar-refractivity contribution in [1.29, 1.82) is 0 Å².